The maximum absolute atomic E-state index is 11.1. The van der Waals surface area contributed by atoms with Crippen LogP contribution >= 0.6 is 7.67 Å². The number of fused-ring (bicyclic) bond motifs is 2. The van der Waals surface area contributed by atoms with Gasteiger partial charge in [0.1, 0.15) is 0 Å². The molecule has 4 rings (SSSR count). The second-order valence-electron chi connectivity index (χ2n) is 5.93. The zero-order valence-corrected chi connectivity index (χ0v) is 17.6. The zero-order chi connectivity index (χ0) is 18.1. The number of para-hydroxylation sites is 2. The molecule has 0 saturated carbocycles. The molecule has 0 aliphatic carbocycles. The Labute approximate surface area is 178 Å². The smallest absolute Gasteiger partial charge is 0.772 e. The van der Waals surface area contributed by atoms with Gasteiger partial charge in [-0.1, -0.05) is 36.4 Å². The summed E-state index contributed by atoms with van der Waals surface area (Å²) in [4.78, 5) is 15.8. The van der Waals surface area contributed by atoms with Gasteiger partial charge in [-0.2, -0.15) is 0 Å². The second kappa shape index (κ2) is 7.98. The second-order valence-corrected chi connectivity index (χ2v) is 7.35. The van der Waals surface area contributed by atoms with Gasteiger partial charge in [0.05, 0.1) is 16.7 Å². The molecule has 1 atom stereocenters. The van der Waals surface area contributed by atoms with Crippen molar-refractivity contribution in [3.05, 3.63) is 72.8 Å². The average molecular weight is 386 g/mol. The maximum Gasteiger partial charge on any atom is 1.00 e. The molecule has 1 aromatic heterocycles. The molecule has 4 aromatic rings. The van der Waals surface area contributed by atoms with Crippen molar-refractivity contribution in [2.45, 2.75) is 0 Å². The number of anilines is 3. The molecular weight excluding hydrogens is 370 g/mol. The van der Waals surface area contributed by atoms with E-state index in [1.807, 2.05) is 48.5 Å². The van der Waals surface area contributed by atoms with Gasteiger partial charge >= 0.3 is 29.6 Å². The number of hydrogen-bond acceptors (Lipinski definition) is 4. The summed E-state index contributed by atoms with van der Waals surface area (Å²) < 4.78 is 11.1. The summed E-state index contributed by atoms with van der Waals surface area (Å²) in [7, 11) is -4.06. The van der Waals surface area contributed by atoms with Gasteiger partial charge in [0.2, 0.25) is 0 Å². The first-order chi connectivity index (χ1) is 12.5. The van der Waals surface area contributed by atoms with E-state index in [9.17, 15) is 9.46 Å². The fourth-order valence-electron chi connectivity index (χ4n) is 2.93. The van der Waals surface area contributed by atoms with Crippen LogP contribution in [0, 0.1) is 0 Å². The molecule has 4 N–H and O–H groups in total. The number of nitrogens with zero attached hydrogens (tertiary/aromatic N) is 1. The molecule has 0 spiro atoms. The van der Waals surface area contributed by atoms with Crippen LogP contribution in [0.15, 0.2) is 72.8 Å². The van der Waals surface area contributed by atoms with Crippen LogP contribution in [0.1, 0.15) is 0 Å². The molecular formula is C19H16N4NaO2P. The molecule has 1 heterocycles. The summed E-state index contributed by atoms with van der Waals surface area (Å²) in [5, 5.41) is 7.73. The van der Waals surface area contributed by atoms with E-state index in [0.717, 1.165) is 33.2 Å². The van der Waals surface area contributed by atoms with Gasteiger partial charge in [-0.25, -0.2) is 4.98 Å². The molecule has 0 bridgehead atoms. The zero-order valence-electron chi connectivity index (χ0n) is 14.7. The van der Waals surface area contributed by atoms with Crippen molar-refractivity contribution in [2.24, 2.45) is 5.50 Å². The Kier molecular flexibility index (Phi) is 5.86. The van der Waals surface area contributed by atoms with E-state index >= 15 is 0 Å². The van der Waals surface area contributed by atoms with Crippen LogP contribution in [0.5, 0.6) is 0 Å². The Hall–Kier alpha value is -1.92. The Morgan fingerprint density at radius 3 is 1.81 bits per heavy atom. The summed E-state index contributed by atoms with van der Waals surface area (Å²) in [5.41, 5.74) is 9.03. The number of aromatic nitrogens is 1. The summed E-state index contributed by atoms with van der Waals surface area (Å²) >= 11 is 0. The Balaban J connectivity index is 0.00000210. The van der Waals surface area contributed by atoms with Crippen molar-refractivity contribution in [3.63, 3.8) is 0 Å². The first kappa shape index (κ1) is 19.8. The van der Waals surface area contributed by atoms with Crippen LogP contribution < -0.4 is 50.4 Å². The fraction of sp³-hybridized carbons (Fsp3) is 0. The third-order valence-electron chi connectivity index (χ3n) is 4.03. The van der Waals surface area contributed by atoms with Crippen molar-refractivity contribution in [1.29, 1.82) is 0 Å². The van der Waals surface area contributed by atoms with Gasteiger partial charge in [-0.15, -0.1) is 0 Å². The van der Waals surface area contributed by atoms with Crippen molar-refractivity contribution >= 4 is 46.5 Å². The number of rotatable bonds is 4. The van der Waals surface area contributed by atoms with Crippen LogP contribution in [-0.4, -0.2) is 4.98 Å². The summed E-state index contributed by atoms with van der Waals surface area (Å²) in [6, 6.07) is 22.8. The van der Waals surface area contributed by atoms with Crippen molar-refractivity contribution < 1.29 is 39.0 Å². The van der Waals surface area contributed by atoms with E-state index in [1.54, 1.807) is 24.3 Å². The normalized spacial score (nSPS) is 13.0. The molecule has 1 unspecified atom stereocenters. The molecule has 0 aliphatic rings. The van der Waals surface area contributed by atoms with Crippen LogP contribution in [-0.2, 0) is 4.57 Å². The third-order valence-corrected chi connectivity index (χ3v) is 4.60. The number of hydrogen-bond donors (Lipinski definition) is 3. The average Bonchev–Trinajstić information content (AvgIpc) is 2.62. The van der Waals surface area contributed by atoms with Gasteiger partial charge < -0.3 is 15.3 Å². The van der Waals surface area contributed by atoms with Crippen molar-refractivity contribution in [1.82, 2.24) is 4.98 Å². The monoisotopic (exact) mass is 386 g/mol. The number of nitrogens with two attached hydrogens (primary N) is 1. The van der Waals surface area contributed by atoms with Crippen LogP contribution in [0.2, 0.25) is 0 Å². The number of benzene rings is 3. The quantitative estimate of drug-likeness (QED) is 0.274. The van der Waals surface area contributed by atoms with Crippen molar-refractivity contribution in [3.8, 4) is 0 Å². The predicted octanol–water partition coefficient (Wildman–Crippen LogP) is 0.975. The summed E-state index contributed by atoms with van der Waals surface area (Å²) in [6.45, 7) is 0. The van der Waals surface area contributed by atoms with Gasteiger partial charge in [-0.05, 0) is 36.4 Å². The van der Waals surface area contributed by atoms with E-state index in [0.29, 0.717) is 5.69 Å². The van der Waals surface area contributed by atoms with Crippen LogP contribution in [0.3, 0.4) is 0 Å². The summed E-state index contributed by atoms with van der Waals surface area (Å²) in [6.07, 6.45) is 0. The first-order valence-electron chi connectivity index (χ1n) is 8.02. The molecule has 0 radical (unpaired) electrons. The van der Waals surface area contributed by atoms with E-state index in [1.165, 1.54) is 0 Å². The van der Waals surface area contributed by atoms with E-state index in [2.05, 4.69) is 10.4 Å². The van der Waals surface area contributed by atoms with E-state index < -0.39 is 7.67 Å². The topological polar surface area (TPSA) is 103 Å². The Morgan fingerprint density at radius 2 is 1.30 bits per heavy atom. The first-order valence-corrected chi connectivity index (χ1v) is 9.71. The molecule has 8 heteroatoms. The molecule has 3 aromatic carbocycles. The molecule has 27 heavy (non-hydrogen) atoms. The largest absolute Gasteiger partial charge is 1.00 e. The number of pyridine rings is 1. The molecule has 130 valence electrons. The molecule has 0 amide bonds. The standard InChI is InChI=1S/C19H17N4O2P.Na/c20-26(24,25)23-14-11-9-13(10-12-14)21-19-15-5-1-3-7-17(15)22-18-8-4-2-6-16(18)19;/h1-12H,(H,21,22)(H4,20,23,24,25);/q;+1/p-1. The molecule has 0 saturated heterocycles. The summed E-state index contributed by atoms with van der Waals surface area (Å²) in [5.74, 6) is 0. The third kappa shape index (κ3) is 4.50. The molecule has 0 fully saturated rings. The van der Waals surface area contributed by atoms with Crippen LogP contribution in [0.4, 0.5) is 17.1 Å². The minimum absolute atomic E-state index is 0. The maximum atomic E-state index is 11.1. The van der Waals surface area contributed by atoms with Gasteiger partial charge in [0.25, 0.3) is 0 Å². The number of nitrogens with one attached hydrogen (secondary N) is 2. The fourth-order valence-corrected chi connectivity index (χ4v) is 3.44. The molecule has 0 aliphatic heterocycles. The SMILES string of the molecule is NP(=O)([O-])Nc1ccc(Nc2c3ccccc3nc3ccccc23)cc1.[Na+]. The van der Waals surface area contributed by atoms with Crippen LogP contribution in [0.25, 0.3) is 21.8 Å². The Bertz CT molecular complexity index is 1090. The predicted molar refractivity (Wildman–Crippen MR) is 104 cm³/mol. The minimum atomic E-state index is -4.06. The Morgan fingerprint density at radius 1 is 0.815 bits per heavy atom. The van der Waals surface area contributed by atoms with Gasteiger partial charge in [0.15, 0.2) is 7.67 Å². The van der Waals surface area contributed by atoms with Gasteiger partial charge in [-0.3, -0.25) is 10.1 Å². The van der Waals surface area contributed by atoms with Gasteiger partial charge in [0, 0.05) is 22.1 Å². The molecule has 6 nitrogen and oxygen atoms in total. The van der Waals surface area contributed by atoms with E-state index in [4.69, 9.17) is 10.5 Å². The van der Waals surface area contributed by atoms with Crippen molar-refractivity contribution in [2.75, 3.05) is 10.4 Å². The van der Waals surface area contributed by atoms with E-state index in [-0.39, 0.29) is 29.6 Å². The minimum Gasteiger partial charge on any atom is -0.772 e.